The van der Waals surface area contributed by atoms with Crippen LogP contribution >= 0.6 is 0 Å². The second kappa shape index (κ2) is 10.6. The molecule has 5 heteroatoms. The molecule has 0 saturated heterocycles. The Morgan fingerprint density at radius 3 is 0.840 bits per heavy atom. The second-order valence-electron chi connectivity index (χ2n) is 10.2. The summed E-state index contributed by atoms with van der Waals surface area (Å²) < 4.78 is 0. The molecule has 150 valence electrons. The molecule has 25 heavy (non-hydrogen) atoms. The first-order chi connectivity index (χ1) is 10.2. The van der Waals surface area contributed by atoms with Crippen molar-refractivity contribution in [3.8, 4) is 0 Å². The van der Waals surface area contributed by atoms with Crippen LogP contribution < -0.4 is 0 Å². The van der Waals surface area contributed by atoms with Crippen molar-refractivity contribution in [2.24, 2.45) is 9.98 Å². The summed E-state index contributed by atoms with van der Waals surface area (Å²) in [5.74, 6) is 1.77. The first-order valence-corrected chi connectivity index (χ1v) is 8.79. The minimum absolute atomic E-state index is 0. The van der Waals surface area contributed by atoms with Crippen molar-refractivity contribution in [3.05, 3.63) is 10.6 Å². The van der Waals surface area contributed by atoms with Gasteiger partial charge in [0.25, 0.3) is 0 Å². The van der Waals surface area contributed by atoms with Crippen LogP contribution in [0, 0.1) is 0 Å². The Kier molecular flexibility index (Phi) is 12.4. The Morgan fingerprint density at radius 2 is 0.720 bits per heavy atom. The third kappa shape index (κ3) is 28.5. The van der Waals surface area contributed by atoms with E-state index in [4.69, 9.17) is 0 Å². The molecule has 0 amide bonds. The average molecular weight is 394 g/mol. The van der Waals surface area contributed by atoms with E-state index < -0.39 is 0 Å². The van der Waals surface area contributed by atoms with E-state index in [0.29, 0.717) is 0 Å². The molecule has 0 rings (SSSR count). The molecule has 0 unspecified atom stereocenters. The fourth-order valence-corrected chi connectivity index (χ4v) is 1.99. The summed E-state index contributed by atoms with van der Waals surface area (Å²) in [6.07, 6.45) is 0. The molecule has 0 radical (unpaired) electrons. The number of rotatable bonds is 0. The number of nitrogens with zero attached hydrogens (tertiary/aromatic N) is 4. The van der Waals surface area contributed by atoms with Crippen LogP contribution in [0.3, 0.4) is 0 Å². The monoisotopic (exact) mass is 394 g/mol. The molecule has 0 atom stereocenters. The van der Waals surface area contributed by atoms with Gasteiger partial charge >= 0.3 is 17.1 Å². The number of hydrogen-bond acceptors (Lipinski definition) is 2. The molecule has 0 aromatic heterocycles. The molecule has 0 aromatic carbocycles. The van der Waals surface area contributed by atoms with Gasteiger partial charge in [0, 0.05) is 0 Å². The van der Waals surface area contributed by atoms with Crippen LogP contribution in [-0.4, -0.2) is 33.8 Å². The molecule has 0 aliphatic carbocycles. The molecule has 0 heterocycles. The van der Waals surface area contributed by atoms with E-state index in [1.54, 1.807) is 0 Å². The molecule has 0 saturated carbocycles. The maximum atomic E-state index is 4.44. The fraction of sp³-hybridized carbons (Fsp3) is 0.900. The van der Waals surface area contributed by atoms with Gasteiger partial charge in [0.05, 0.1) is 0 Å². The number of amidine groups is 2. The van der Waals surface area contributed by atoms with Crippen molar-refractivity contribution in [2.45, 2.75) is 119 Å². The van der Waals surface area contributed by atoms with Crippen molar-refractivity contribution in [1.82, 2.24) is 0 Å². The maximum absolute atomic E-state index is 4.44. The van der Waals surface area contributed by atoms with Gasteiger partial charge in [-0.25, -0.2) is 0 Å². The van der Waals surface area contributed by atoms with Gasteiger partial charge in [-0.2, -0.15) is 0 Å². The van der Waals surface area contributed by atoms with Crippen molar-refractivity contribution < 1.29 is 17.1 Å². The van der Waals surface area contributed by atoms with Gasteiger partial charge in [-0.1, -0.05) is 94.8 Å². The summed E-state index contributed by atoms with van der Waals surface area (Å²) in [5.41, 5.74) is -0.0602. The summed E-state index contributed by atoms with van der Waals surface area (Å²) in [7, 11) is 0. The van der Waals surface area contributed by atoms with E-state index in [1.807, 2.05) is 13.8 Å². The van der Waals surface area contributed by atoms with E-state index in [0.717, 1.165) is 11.7 Å². The topological polar surface area (TPSA) is 52.9 Å². The van der Waals surface area contributed by atoms with Crippen molar-refractivity contribution in [1.29, 1.82) is 0 Å². The quantitative estimate of drug-likeness (QED) is 0.248. The van der Waals surface area contributed by atoms with Gasteiger partial charge in [0.2, 0.25) is 0 Å². The molecule has 0 aliphatic heterocycles. The van der Waals surface area contributed by atoms with Crippen molar-refractivity contribution in [3.63, 3.8) is 0 Å². The van der Waals surface area contributed by atoms with Gasteiger partial charge in [-0.05, 0) is 36.0 Å². The summed E-state index contributed by atoms with van der Waals surface area (Å²) in [5, 5.41) is 8.89. The smallest absolute Gasteiger partial charge is 0.464 e. The zero-order valence-corrected chi connectivity index (χ0v) is 20.2. The van der Waals surface area contributed by atoms with Gasteiger partial charge in [0.15, 0.2) is 0 Å². The van der Waals surface area contributed by atoms with Gasteiger partial charge in [-0.3, -0.25) is 0 Å². The molecule has 4 nitrogen and oxygen atoms in total. The predicted molar refractivity (Wildman–Crippen MR) is 112 cm³/mol. The molecular formula is C20H42FeN4. The zero-order chi connectivity index (χ0) is 20.0. The van der Waals surface area contributed by atoms with Crippen LogP contribution in [0.4, 0.5) is 0 Å². The minimum atomic E-state index is -0.0150. The third-order valence-corrected chi connectivity index (χ3v) is 1.99. The van der Waals surface area contributed by atoms with Gasteiger partial charge in [-0.15, -0.1) is 0 Å². The maximum Gasteiger partial charge on any atom is 2.00 e. The van der Waals surface area contributed by atoms with E-state index in [-0.39, 0.29) is 39.2 Å². The number of hydrogen-bond donors (Lipinski definition) is 0. The van der Waals surface area contributed by atoms with E-state index in [2.05, 4.69) is 104 Å². The van der Waals surface area contributed by atoms with Crippen LogP contribution in [-0.2, 0) is 17.1 Å². The van der Waals surface area contributed by atoms with Crippen LogP contribution in [0.1, 0.15) is 96.9 Å². The normalized spacial score (nSPS) is 14.2. The summed E-state index contributed by atoms with van der Waals surface area (Å²) in [4.78, 5) is 8.89. The average Bonchev–Trinajstić information content (AvgIpc) is 2.02. The summed E-state index contributed by atoms with van der Waals surface area (Å²) in [6, 6.07) is 0. The predicted octanol–water partition coefficient (Wildman–Crippen LogP) is 6.75. The zero-order valence-electron chi connectivity index (χ0n) is 19.1. The molecule has 0 spiro atoms. The molecule has 0 aromatic rings. The minimum Gasteiger partial charge on any atom is -0.464 e. The summed E-state index contributed by atoms with van der Waals surface area (Å²) >= 11 is 0. The van der Waals surface area contributed by atoms with Gasteiger partial charge in [0.1, 0.15) is 0 Å². The Balaban J connectivity index is -0.000000372. The molecule has 0 fully saturated rings. The van der Waals surface area contributed by atoms with Gasteiger partial charge < -0.3 is 20.6 Å². The molecular weight excluding hydrogens is 352 g/mol. The Bertz CT molecular complexity index is 383. The van der Waals surface area contributed by atoms with E-state index in [1.165, 1.54) is 0 Å². The largest absolute Gasteiger partial charge is 2.00 e. The Labute approximate surface area is 168 Å². The van der Waals surface area contributed by atoms with Crippen LogP contribution in [0.5, 0.6) is 0 Å². The molecule has 0 aliphatic rings. The third-order valence-electron chi connectivity index (χ3n) is 1.99. The standard InChI is InChI=1S/2C10H21N2.Fe/c2*1-8(11-9(2,3)4)12-10(5,6)7;/h2*1-7H3;/q2*-1;+2. The van der Waals surface area contributed by atoms with E-state index in [9.17, 15) is 0 Å². The van der Waals surface area contributed by atoms with Crippen LogP contribution in [0.2, 0.25) is 0 Å². The fourth-order valence-electron chi connectivity index (χ4n) is 1.99. The first-order valence-electron chi connectivity index (χ1n) is 8.79. The van der Waals surface area contributed by atoms with Crippen LogP contribution in [0.15, 0.2) is 9.98 Å². The Morgan fingerprint density at radius 1 is 0.520 bits per heavy atom. The Hall–Kier alpha value is -0.541. The first kappa shape index (κ1) is 29.2. The molecule has 0 N–H and O–H groups in total. The number of aliphatic imine (C=N–C) groups is 2. The molecule has 0 bridgehead atoms. The van der Waals surface area contributed by atoms with Crippen LogP contribution in [0.25, 0.3) is 10.6 Å². The van der Waals surface area contributed by atoms with Crippen molar-refractivity contribution in [2.75, 3.05) is 0 Å². The SMILES string of the molecule is CC(=NC(C)(C)C)[N-]C(C)(C)C.CC(=NC(C)(C)C)[N-]C(C)(C)C.[Fe+2]. The second-order valence-corrected chi connectivity index (χ2v) is 10.2. The summed E-state index contributed by atoms with van der Waals surface area (Å²) in [6.45, 7) is 28.8. The van der Waals surface area contributed by atoms with E-state index >= 15 is 0 Å². The van der Waals surface area contributed by atoms with Crippen molar-refractivity contribution >= 4 is 11.7 Å².